The molecule has 13 heteroatoms. The Balaban J connectivity index is 1.24. The Morgan fingerprint density at radius 2 is 1.72 bits per heavy atom. The number of rotatable bonds is 5. The fourth-order valence-corrected chi connectivity index (χ4v) is 5.06. The second kappa shape index (κ2) is 8.49. The SMILES string of the molecule is O=C(NC[C@]12CC[C@](c3nc(-c4cnc(C(F)(F)F)cn4)no3)(CC1)CC2)c1ccc(O)c(F)c1F. The summed E-state index contributed by atoms with van der Waals surface area (Å²) < 4.78 is 71.3. The Morgan fingerprint density at radius 1 is 1.03 bits per heavy atom. The summed E-state index contributed by atoms with van der Waals surface area (Å²) in [5.74, 6) is -4.06. The molecule has 3 aliphatic rings. The highest BCUT2D eigenvalue weighted by Gasteiger charge is 2.52. The van der Waals surface area contributed by atoms with E-state index in [1.54, 1.807) is 0 Å². The molecule has 2 bridgehead atoms. The predicted molar refractivity (Wildman–Crippen MR) is 112 cm³/mol. The van der Waals surface area contributed by atoms with Crippen LogP contribution in [0.4, 0.5) is 22.0 Å². The summed E-state index contributed by atoms with van der Waals surface area (Å²) in [4.78, 5) is 24.0. The Labute approximate surface area is 201 Å². The van der Waals surface area contributed by atoms with Crippen molar-refractivity contribution in [2.24, 2.45) is 5.41 Å². The maximum absolute atomic E-state index is 14.0. The molecule has 3 aromatic rings. The molecule has 0 saturated heterocycles. The number of aromatic hydroxyl groups is 1. The lowest BCUT2D eigenvalue weighted by atomic mass is 9.53. The Kier molecular flexibility index (Phi) is 5.67. The van der Waals surface area contributed by atoms with Crippen molar-refractivity contribution >= 4 is 5.91 Å². The van der Waals surface area contributed by atoms with E-state index in [-0.39, 0.29) is 28.9 Å². The van der Waals surface area contributed by atoms with Crippen LogP contribution in [0.25, 0.3) is 11.5 Å². The molecule has 0 atom stereocenters. The molecule has 36 heavy (non-hydrogen) atoms. The van der Waals surface area contributed by atoms with E-state index in [9.17, 15) is 31.9 Å². The first-order chi connectivity index (χ1) is 17.0. The smallest absolute Gasteiger partial charge is 0.434 e. The van der Waals surface area contributed by atoms with Crippen molar-refractivity contribution < 1.29 is 36.4 Å². The van der Waals surface area contributed by atoms with Crippen LogP contribution >= 0.6 is 0 Å². The van der Waals surface area contributed by atoms with E-state index >= 15 is 0 Å². The molecule has 3 saturated carbocycles. The minimum atomic E-state index is -4.60. The van der Waals surface area contributed by atoms with Crippen LogP contribution in [0.5, 0.6) is 5.75 Å². The quantitative estimate of drug-likeness (QED) is 0.485. The summed E-state index contributed by atoms with van der Waals surface area (Å²) in [5.41, 5.74) is -2.13. The van der Waals surface area contributed by atoms with Gasteiger partial charge >= 0.3 is 6.18 Å². The number of halogens is 5. The Morgan fingerprint density at radius 3 is 2.33 bits per heavy atom. The van der Waals surface area contributed by atoms with Gasteiger partial charge in [-0.05, 0) is 56.1 Å². The number of hydrogen-bond acceptors (Lipinski definition) is 7. The van der Waals surface area contributed by atoms with Gasteiger partial charge in [0.2, 0.25) is 17.5 Å². The number of aromatic nitrogens is 4. The number of carbonyl (C=O) groups excluding carboxylic acids is 1. The van der Waals surface area contributed by atoms with E-state index in [1.807, 2.05) is 0 Å². The molecule has 0 radical (unpaired) electrons. The Bertz CT molecular complexity index is 1280. The number of carbonyl (C=O) groups is 1. The van der Waals surface area contributed by atoms with Crippen molar-refractivity contribution in [3.8, 4) is 17.3 Å². The van der Waals surface area contributed by atoms with Gasteiger partial charge in [-0.2, -0.15) is 22.5 Å². The third kappa shape index (κ3) is 4.16. The fraction of sp³-hybridized carbons (Fsp3) is 0.435. The van der Waals surface area contributed by atoms with Gasteiger partial charge in [-0.3, -0.25) is 4.79 Å². The number of benzene rings is 1. The van der Waals surface area contributed by atoms with Crippen LogP contribution in [0.2, 0.25) is 0 Å². The van der Waals surface area contributed by atoms with Gasteiger partial charge in [0.1, 0.15) is 5.69 Å². The maximum atomic E-state index is 14.0. The molecule has 2 aromatic heterocycles. The van der Waals surface area contributed by atoms with Crippen LogP contribution in [-0.4, -0.2) is 37.7 Å². The molecule has 0 unspecified atom stereocenters. The zero-order chi connectivity index (χ0) is 25.7. The van der Waals surface area contributed by atoms with E-state index in [0.717, 1.165) is 37.6 Å². The average molecular weight is 509 g/mol. The Hall–Kier alpha value is -3.64. The van der Waals surface area contributed by atoms with Crippen LogP contribution in [0.15, 0.2) is 29.0 Å². The minimum Gasteiger partial charge on any atom is -0.505 e. The van der Waals surface area contributed by atoms with Crippen LogP contribution in [0, 0.1) is 17.0 Å². The molecular weight excluding hydrogens is 489 g/mol. The largest absolute Gasteiger partial charge is 0.505 e. The molecule has 2 N–H and O–H groups in total. The number of hydrogen-bond donors (Lipinski definition) is 2. The van der Waals surface area contributed by atoms with Gasteiger partial charge in [0.05, 0.1) is 18.0 Å². The minimum absolute atomic E-state index is 0.0541. The summed E-state index contributed by atoms with van der Waals surface area (Å²) in [6, 6.07) is 1.96. The van der Waals surface area contributed by atoms with Crippen molar-refractivity contribution in [2.45, 2.75) is 50.1 Å². The van der Waals surface area contributed by atoms with Gasteiger partial charge in [0.25, 0.3) is 5.91 Å². The van der Waals surface area contributed by atoms with Crippen LogP contribution < -0.4 is 5.32 Å². The van der Waals surface area contributed by atoms with Crippen molar-refractivity contribution in [1.82, 2.24) is 25.4 Å². The standard InChI is InChI=1S/C23H20F5N5O3/c24-16-12(1-2-14(34)17(16)25)19(35)31-11-21-3-6-22(7-4-21,8-5-21)20-32-18(33-36-20)13-9-30-15(10-29-13)23(26,27)28/h1-2,9-10,34H,3-8,11H2,(H,31,35)/t21-,22+. The van der Waals surface area contributed by atoms with Crippen LogP contribution in [0.3, 0.4) is 0 Å². The molecule has 0 spiro atoms. The lowest BCUT2D eigenvalue weighted by Gasteiger charge is -2.51. The summed E-state index contributed by atoms with van der Waals surface area (Å²) in [6.45, 7) is 0.278. The molecule has 6 rings (SSSR count). The maximum Gasteiger partial charge on any atom is 0.434 e. The first kappa shape index (κ1) is 24.1. The van der Waals surface area contributed by atoms with Crippen molar-refractivity contribution in [1.29, 1.82) is 0 Å². The number of nitrogens with zero attached hydrogens (tertiary/aromatic N) is 4. The van der Waals surface area contributed by atoms with E-state index in [4.69, 9.17) is 4.52 Å². The van der Waals surface area contributed by atoms with Gasteiger partial charge in [-0.25, -0.2) is 14.4 Å². The second-order valence-corrected chi connectivity index (χ2v) is 9.43. The van der Waals surface area contributed by atoms with Gasteiger partial charge in [-0.1, -0.05) is 5.16 Å². The van der Waals surface area contributed by atoms with Gasteiger partial charge in [0, 0.05) is 12.0 Å². The lowest BCUT2D eigenvalue weighted by molar-refractivity contribution is -0.141. The highest BCUT2D eigenvalue weighted by Crippen LogP contribution is 2.57. The molecule has 1 amide bonds. The molecule has 2 heterocycles. The lowest BCUT2D eigenvalue weighted by Crippen LogP contribution is -2.49. The number of amides is 1. The topological polar surface area (TPSA) is 114 Å². The first-order valence-electron chi connectivity index (χ1n) is 11.2. The number of fused-ring (bicyclic) bond motifs is 3. The molecule has 0 aliphatic heterocycles. The normalized spacial score (nSPS) is 23.6. The monoisotopic (exact) mass is 509 g/mol. The van der Waals surface area contributed by atoms with E-state index < -0.39 is 40.7 Å². The van der Waals surface area contributed by atoms with Gasteiger partial charge < -0.3 is 14.9 Å². The summed E-state index contributed by atoms with van der Waals surface area (Å²) in [5, 5.41) is 15.8. The van der Waals surface area contributed by atoms with Crippen molar-refractivity contribution in [2.75, 3.05) is 6.54 Å². The number of alkyl halides is 3. The molecular formula is C23H20F5N5O3. The van der Waals surface area contributed by atoms with Gasteiger partial charge in [-0.15, -0.1) is 0 Å². The third-order valence-corrected chi connectivity index (χ3v) is 7.38. The molecule has 3 aliphatic carbocycles. The zero-order valence-corrected chi connectivity index (χ0v) is 18.7. The zero-order valence-electron chi connectivity index (χ0n) is 18.7. The van der Waals surface area contributed by atoms with E-state index in [1.165, 1.54) is 0 Å². The highest BCUT2D eigenvalue weighted by atomic mass is 19.4. The molecule has 8 nitrogen and oxygen atoms in total. The number of nitrogens with one attached hydrogen (secondary N) is 1. The van der Waals surface area contributed by atoms with Gasteiger partial charge in [0.15, 0.2) is 17.3 Å². The highest BCUT2D eigenvalue weighted by molar-refractivity contribution is 5.94. The summed E-state index contributed by atoms with van der Waals surface area (Å²) in [7, 11) is 0. The first-order valence-corrected chi connectivity index (χ1v) is 11.2. The molecule has 3 fully saturated rings. The second-order valence-electron chi connectivity index (χ2n) is 9.43. The third-order valence-electron chi connectivity index (χ3n) is 7.38. The predicted octanol–water partition coefficient (Wildman–Crippen LogP) is 4.55. The molecule has 190 valence electrons. The van der Waals surface area contributed by atoms with Crippen molar-refractivity contribution in [3.05, 3.63) is 53.3 Å². The van der Waals surface area contributed by atoms with Crippen LogP contribution in [0.1, 0.15) is 60.5 Å². The summed E-state index contributed by atoms with van der Waals surface area (Å²) >= 11 is 0. The van der Waals surface area contributed by atoms with E-state index in [0.29, 0.717) is 31.4 Å². The fourth-order valence-electron chi connectivity index (χ4n) is 5.06. The number of phenolic OH excluding ortho intramolecular Hbond substituents is 1. The van der Waals surface area contributed by atoms with E-state index in [2.05, 4.69) is 25.4 Å². The molecule has 1 aromatic carbocycles. The van der Waals surface area contributed by atoms with Crippen molar-refractivity contribution in [3.63, 3.8) is 0 Å². The average Bonchev–Trinajstić information content (AvgIpc) is 3.38. The summed E-state index contributed by atoms with van der Waals surface area (Å²) in [6.07, 6.45) is 1.19. The van der Waals surface area contributed by atoms with Crippen LogP contribution in [-0.2, 0) is 11.6 Å². The number of phenols is 1.